The van der Waals surface area contributed by atoms with Gasteiger partial charge in [-0.3, -0.25) is 4.99 Å². The molecule has 2 rings (SSSR count). The number of H-pyrrole nitrogens is 1. The third-order valence-corrected chi connectivity index (χ3v) is 4.62. The first-order chi connectivity index (χ1) is 13.3. The highest BCUT2D eigenvalue weighted by atomic mass is 15.1. The van der Waals surface area contributed by atoms with Crippen molar-refractivity contribution in [2.45, 2.75) is 58.9 Å². The first-order valence-corrected chi connectivity index (χ1v) is 10.4. The minimum absolute atomic E-state index is 0.691. The maximum absolute atomic E-state index is 4.42. The molecule has 4 nitrogen and oxygen atoms in total. The molecule has 0 aliphatic carbocycles. The number of nitrogens with zero attached hydrogens (tertiary/aromatic N) is 3. The fourth-order valence-corrected chi connectivity index (χ4v) is 3.23. The summed E-state index contributed by atoms with van der Waals surface area (Å²) in [4.78, 5) is 14.2. The zero-order valence-electron chi connectivity index (χ0n) is 17.0. The lowest BCUT2D eigenvalue weighted by atomic mass is 10.0. The maximum Gasteiger partial charge on any atom is 0.148 e. The van der Waals surface area contributed by atoms with E-state index in [0.717, 1.165) is 12.2 Å². The van der Waals surface area contributed by atoms with E-state index in [-0.39, 0.29) is 0 Å². The van der Waals surface area contributed by atoms with Gasteiger partial charge in [0, 0.05) is 12.4 Å². The van der Waals surface area contributed by atoms with Gasteiger partial charge in [-0.1, -0.05) is 44.5 Å². The van der Waals surface area contributed by atoms with Gasteiger partial charge in [0.15, 0.2) is 0 Å². The van der Waals surface area contributed by atoms with E-state index in [1.165, 1.54) is 62.9 Å². The summed E-state index contributed by atoms with van der Waals surface area (Å²) in [7, 11) is 0. The standard InChI is InChI=1S/C23H35N4/c1-3-16-27(17-4-2)18-8-6-5-7-9-21-10-12-22(13-11-21)19-24-20-23-25-14-15-26-23/h7,10-15,20H,3-6,8-9,16-19H2,1-2H3,(H,25,26). The van der Waals surface area contributed by atoms with Gasteiger partial charge in [0.05, 0.1) is 12.8 Å². The first kappa shape index (κ1) is 21.4. The van der Waals surface area contributed by atoms with Crippen LogP contribution in [0.3, 0.4) is 0 Å². The van der Waals surface area contributed by atoms with Crippen molar-refractivity contribution in [3.05, 3.63) is 60.0 Å². The van der Waals surface area contributed by atoms with Crippen LogP contribution in [0.15, 0.2) is 41.7 Å². The number of hydrogen-bond donors (Lipinski definition) is 1. The van der Waals surface area contributed by atoms with Gasteiger partial charge in [-0.25, -0.2) is 4.98 Å². The largest absolute Gasteiger partial charge is 0.344 e. The van der Waals surface area contributed by atoms with E-state index in [2.05, 4.69) is 64.4 Å². The van der Waals surface area contributed by atoms with E-state index in [0.29, 0.717) is 6.54 Å². The second-order valence-corrected chi connectivity index (χ2v) is 7.09. The first-order valence-electron chi connectivity index (χ1n) is 10.4. The Bertz CT molecular complexity index is 610. The number of nitrogens with one attached hydrogen (secondary N) is 1. The van der Waals surface area contributed by atoms with E-state index in [1.807, 2.05) is 0 Å². The van der Waals surface area contributed by atoms with Gasteiger partial charge in [-0.2, -0.15) is 0 Å². The topological polar surface area (TPSA) is 44.3 Å². The number of rotatable bonds is 14. The number of aromatic amines is 1. The van der Waals surface area contributed by atoms with Crippen LogP contribution in [-0.2, 0) is 13.0 Å². The molecule has 0 aliphatic heterocycles. The summed E-state index contributed by atoms with van der Waals surface area (Å²) in [6, 6.07) is 8.79. The summed E-state index contributed by atoms with van der Waals surface area (Å²) in [6.45, 7) is 8.98. The third kappa shape index (κ3) is 9.00. The fourth-order valence-electron chi connectivity index (χ4n) is 3.23. The van der Waals surface area contributed by atoms with E-state index >= 15 is 0 Å². The highest BCUT2D eigenvalue weighted by Gasteiger charge is 2.02. The summed E-state index contributed by atoms with van der Waals surface area (Å²) in [6.07, 6.45) is 15.1. The highest BCUT2D eigenvalue weighted by Crippen LogP contribution is 2.10. The number of aliphatic imine (C=N–C) groups is 1. The van der Waals surface area contributed by atoms with Crippen molar-refractivity contribution in [1.29, 1.82) is 0 Å². The third-order valence-electron chi connectivity index (χ3n) is 4.62. The Labute approximate surface area is 165 Å². The van der Waals surface area contributed by atoms with E-state index < -0.39 is 0 Å². The lowest BCUT2D eigenvalue weighted by Crippen LogP contribution is -2.26. The molecule has 0 fully saturated rings. The van der Waals surface area contributed by atoms with Crippen molar-refractivity contribution in [2.24, 2.45) is 4.99 Å². The molecule has 0 spiro atoms. The van der Waals surface area contributed by atoms with Gasteiger partial charge in [-0.05, 0) is 69.3 Å². The molecule has 0 saturated heterocycles. The molecule has 0 amide bonds. The quantitative estimate of drug-likeness (QED) is 0.374. The van der Waals surface area contributed by atoms with E-state index in [9.17, 15) is 0 Å². The maximum atomic E-state index is 4.42. The molecular weight excluding hydrogens is 332 g/mol. The summed E-state index contributed by atoms with van der Waals surface area (Å²) in [5, 5.41) is 0. The molecular formula is C23H35N4. The van der Waals surface area contributed by atoms with E-state index in [4.69, 9.17) is 0 Å². The van der Waals surface area contributed by atoms with Crippen LogP contribution in [0.25, 0.3) is 0 Å². The zero-order chi connectivity index (χ0) is 19.2. The van der Waals surface area contributed by atoms with Crippen molar-refractivity contribution >= 4 is 6.21 Å². The zero-order valence-corrected chi connectivity index (χ0v) is 17.0. The number of aromatic nitrogens is 2. The molecule has 0 saturated carbocycles. The molecule has 4 heteroatoms. The van der Waals surface area contributed by atoms with Gasteiger partial charge in [0.25, 0.3) is 0 Å². The average Bonchev–Trinajstić information content (AvgIpc) is 3.19. The number of hydrogen-bond acceptors (Lipinski definition) is 3. The average molecular weight is 368 g/mol. The Morgan fingerprint density at radius 2 is 1.74 bits per heavy atom. The van der Waals surface area contributed by atoms with Crippen molar-refractivity contribution in [2.75, 3.05) is 19.6 Å². The lowest BCUT2D eigenvalue weighted by Gasteiger charge is -2.20. The Hall–Kier alpha value is -1.94. The van der Waals surface area contributed by atoms with Crippen LogP contribution in [0.5, 0.6) is 0 Å². The van der Waals surface area contributed by atoms with Crippen molar-refractivity contribution in [3.8, 4) is 0 Å². The molecule has 147 valence electrons. The fraction of sp³-hybridized carbons (Fsp3) is 0.522. The van der Waals surface area contributed by atoms with Crippen molar-refractivity contribution < 1.29 is 0 Å². The predicted octanol–water partition coefficient (Wildman–Crippen LogP) is 5.07. The predicted molar refractivity (Wildman–Crippen MR) is 115 cm³/mol. The van der Waals surface area contributed by atoms with Gasteiger partial charge in [0.1, 0.15) is 5.82 Å². The van der Waals surface area contributed by atoms with Gasteiger partial charge in [0.2, 0.25) is 0 Å². The monoisotopic (exact) mass is 367 g/mol. The number of benzene rings is 1. The van der Waals surface area contributed by atoms with Crippen LogP contribution >= 0.6 is 0 Å². The molecule has 0 unspecified atom stereocenters. The van der Waals surface area contributed by atoms with Crippen LogP contribution in [0.4, 0.5) is 0 Å². The van der Waals surface area contributed by atoms with Crippen molar-refractivity contribution in [3.63, 3.8) is 0 Å². The van der Waals surface area contributed by atoms with Crippen LogP contribution in [0.2, 0.25) is 0 Å². The van der Waals surface area contributed by atoms with Crippen LogP contribution in [0, 0.1) is 6.42 Å². The Balaban J connectivity index is 1.58. The van der Waals surface area contributed by atoms with Crippen LogP contribution in [-0.4, -0.2) is 40.7 Å². The van der Waals surface area contributed by atoms with Gasteiger partial charge in [-0.15, -0.1) is 0 Å². The summed E-state index contributed by atoms with van der Waals surface area (Å²) >= 11 is 0. The Morgan fingerprint density at radius 3 is 2.41 bits per heavy atom. The molecule has 1 aromatic carbocycles. The molecule has 2 aromatic rings. The van der Waals surface area contributed by atoms with E-state index in [1.54, 1.807) is 18.6 Å². The Kier molecular flexibility index (Phi) is 10.5. The minimum Gasteiger partial charge on any atom is -0.344 e. The smallest absolute Gasteiger partial charge is 0.148 e. The molecule has 1 heterocycles. The van der Waals surface area contributed by atoms with Gasteiger partial charge >= 0.3 is 0 Å². The number of unbranched alkanes of at least 4 members (excludes halogenated alkanes) is 3. The second-order valence-electron chi connectivity index (χ2n) is 7.09. The van der Waals surface area contributed by atoms with Crippen LogP contribution < -0.4 is 0 Å². The molecule has 0 atom stereocenters. The SMILES string of the molecule is CCCN(CCC)CCCC[CH]Cc1ccc(CN=Cc2ncc[nH]2)cc1. The molecule has 27 heavy (non-hydrogen) atoms. The normalized spacial score (nSPS) is 11.7. The summed E-state index contributed by atoms with van der Waals surface area (Å²) in [5.74, 6) is 0.800. The molecule has 1 radical (unpaired) electrons. The minimum atomic E-state index is 0.691. The summed E-state index contributed by atoms with van der Waals surface area (Å²) in [5.41, 5.74) is 2.61. The van der Waals surface area contributed by atoms with Gasteiger partial charge < -0.3 is 9.88 Å². The van der Waals surface area contributed by atoms with Crippen LogP contribution in [0.1, 0.15) is 62.9 Å². The summed E-state index contributed by atoms with van der Waals surface area (Å²) < 4.78 is 0. The highest BCUT2D eigenvalue weighted by molar-refractivity contribution is 5.74. The number of imidazole rings is 1. The molecule has 0 bridgehead atoms. The Morgan fingerprint density at radius 1 is 1.00 bits per heavy atom. The second kappa shape index (κ2) is 13.3. The molecule has 0 aliphatic rings. The lowest BCUT2D eigenvalue weighted by molar-refractivity contribution is 0.269. The van der Waals surface area contributed by atoms with Crippen molar-refractivity contribution in [1.82, 2.24) is 14.9 Å². The molecule has 1 aromatic heterocycles. The molecule has 1 N–H and O–H groups in total.